The van der Waals surface area contributed by atoms with E-state index in [1.165, 1.54) is 12.8 Å². The van der Waals surface area contributed by atoms with E-state index < -0.39 is 0 Å². The number of hydrogen-bond donors (Lipinski definition) is 2. The largest absolute Gasteiger partial charge is 0.392 e. The molecule has 1 saturated carbocycles. The molecule has 2 heterocycles. The van der Waals surface area contributed by atoms with E-state index in [1.807, 2.05) is 0 Å². The zero-order chi connectivity index (χ0) is 11.0. The van der Waals surface area contributed by atoms with Crippen molar-refractivity contribution in [3.8, 4) is 11.4 Å². The van der Waals surface area contributed by atoms with E-state index in [2.05, 4.69) is 20.2 Å². The van der Waals surface area contributed by atoms with Crippen LogP contribution in [0.3, 0.4) is 0 Å². The van der Waals surface area contributed by atoms with Gasteiger partial charge in [-0.3, -0.25) is 15.1 Å². The second-order valence-electron chi connectivity index (χ2n) is 3.99. The Morgan fingerprint density at radius 2 is 2.25 bits per heavy atom. The minimum Gasteiger partial charge on any atom is -0.392 e. The van der Waals surface area contributed by atoms with Crippen LogP contribution in [0.15, 0.2) is 18.6 Å². The molecule has 0 radical (unpaired) electrons. The molecule has 5 heteroatoms. The van der Waals surface area contributed by atoms with Crippen LogP contribution in [0.25, 0.3) is 11.4 Å². The molecule has 2 aromatic rings. The van der Waals surface area contributed by atoms with Crippen molar-refractivity contribution in [2.75, 3.05) is 0 Å². The van der Waals surface area contributed by atoms with Crippen LogP contribution in [-0.2, 0) is 6.61 Å². The molecular formula is C11H12N4O. The number of H-pyrrole nitrogens is 1. The van der Waals surface area contributed by atoms with Gasteiger partial charge in [0, 0.05) is 29.6 Å². The second kappa shape index (κ2) is 3.68. The van der Waals surface area contributed by atoms with Gasteiger partial charge in [0.05, 0.1) is 12.8 Å². The monoisotopic (exact) mass is 216 g/mol. The van der Waals surface area contributed by atoms with E-state index >= 15 is 0 Å². The molecule has 1 aliphatic carbocycles. The molecule has 2 aromatic heterocycles. The fourth-order valence-electron chi connectivity index (χ4n) is 1.88. The molecule has 0 atom stereocenters. The summed E-state index contributed by atoms with van der Waals surface area (Å²) < 4.78 is 0. The van der Waals surface area contributed by atoms with Gasteiger partial charge in [-0.25, -0.2) is 0 Å². The molecule has 16 heavy (non-hydrogen) atoms. The van der Waals surface area contributed by atoms with Gasteiger partial charge in [0.1, 0.15) is 11.4 Å². The first kappa shape index (κ1) is 9.47. The Morgan fingerprint density at radius 3 is 2.88 bits per heavy atom. The van der Waals surface area contributed by atoms with Crippen molar-refractivity contribution in [2.24, 2.45) is 0 Å². The molecule has 5 nitrogen and oxygen atoms in total. The fraction of sp³-hybridized carbons (Fsp3) is 0.364. The van der Waals surface area contributed by atoms with Crippen LogP contribution in [-0.4, -0.2) is 25.3 Å². The van der Waals surface area contributed by atoms with Crippen molar-refractivity contribution in [1.82, 2.24) is 20.2 Å². The van der Waals surface area contributed by atoms with E-state index in [0.29, 0.717) is 11.6 Å². The van der Waals surface area contributed by atoms with Crippen molar-refractivity contribution in [1.29, 1.82) is 0 Å². The Balaban J connectivity index is 2.07. The first-order valence-corrected chi connectivity index (χ1v) is 5.34. The summed E-state index contributed by atoms with van der Waals surface area (Å²) in [6.45, 7) is -0.00571. The molecule has 2 N–H and O–H groups in total. The molecule has 0 unspecified atom stereocenters. The van der Waals surface area contributed by atoms with E-state index in [0.717, 1.165) is 17.0 Å². The van der Waals surface area contributed by atoms with Gasteiger partial charge in [0.25, 0.3) is 0 Å². The van der Waals surface area contributed by atoms with Crippen LogP contribution in [0.5, 0.6) is 0 Å². The average Bonchev–Trinajstić information content (AvgIpc) is 3.09. The van der Waals surface area contributed by atoms with Crippen molar-refractivity contribution in [3.63, 3.8) is 0 Å². The smallest absolute Gasteiger partial charge is 0.118 e. The molecule has 0 amide bonds. The number of aromatic nitrogens is 4. The van der Waals surface area contributed by atoms with E-state index in [1.54, 1.807) is 18.6 Å². The Labute approximate surface area is 92.6 Å². The highest BCUT2D eigenvalue weighted by Gasteiger charge is 2.29. The molecule has 1 fully saturated rings. The SMILES string of the molecule is OCc1c(-c2cnccn2)n[nH]c1C1CC1. The standard InChI is InChI=1S/C11H12N4O/c16-6-8-10(7-1-2-7)14-15-11(8)9-5-12-3-4-13-9/h3-5,7,16H,1-2,6H2,(H,14,15). The maximum atomic E-state index is 9.42. The van der Waals surface area contributed by atoms with Gasteiger partial charge in [-0.2, -0.15) is 5.10 Å². The zero-order valence-corrected chi connectivity index (χ0v) is 8.72. The van der Waals surface area contributed by atoms with Crippen molar-refractivity contribution >= 4 is 0 Å². The summed E-state index contributed by atoms with van der Waals surface area (Å²) in [6, 6.07) is 0. The first-order valence-electron chi connectivity index (χ1n) is 5.34. The number of aromatic amines is 1. The highest BCUT2D eigenvalue weighted by molar-refractivity contribution is 5.59. The molecule has 0 aromatic carbocycles. The number of hydrogen-bond acceptors (Lipinski definition) is 4. The first-order chi connectivity index (χ1) is 7.90. The van der Waals surface area contributed by atoms with Crippen LogP contribution in [0.1, 0.15) is 30.0 Å². The quantitative estimate of drug-likeness (QED) is 0.809. The highest BCUT2D eigenvalue weighted by Crippen LogP contribution is 2.42. The Kier molecular flexibility index (Phi) is 2.18. The van der Waals surface area contributed by atoms with Crippen LogP contribution in [0, 0.1) is 0 Å². The summed E-state index contributed by atoms with van der Waals surface area (Å²) in [6.07, 6.45) is 7.26. The lowest BCUT2D eigenvalue weighted by Crippen LogP contribution is -1.92. The predicted molar refractivity (Wildman–Crippen MR) is 57.5 cm³/mol. The number of rotatable bonds is 3. The maximum absolute atomic E-state index is 9.42. The van der Waals surface area contributed by atoms with Gasteiger partial charge >= 0.3 is 0 Å². The van der Waals surface area contributed by atoms with E-state index in [4.69, 9.17) is 0 Å². The predicted octanol–water partition coefficient (Wildman–Crippen LogP) is 1.24. The summed E-state index contributed by atoms with van der Waals surface area (Å²) in [4.78, 5) is 8.20. The molecule has 0 saturated heterocycles. The number of aliphatic hydroxyl groups excluding tert-OH is 1. The van der Waals surface area contributed by atoms with Crippen LogP contribution >= 0.6 is 0 Å². The summed E-state index contributed by atoms with van der Waals surface area (Å²) in [5.74, 6) is 0.542. The summed E-state index contributed by atoms with van der Waals surface area (Å²) in [7, 11) is 0. The maximum Gasteiger partial charge on any atom is 0.118 e. The Bertz CT molecular complexity index is 490. The number of aliphatic hydroxyl groups is 1. The third kappa shape index (κ3) is 1.49. The van der Waals surface area contributed by atoms with E-state index in [-0.39, 0.29) is 6.61 Å². The van der Waals surface area contributed by atoms with Crippen molar-refractivity contribution in [3.05, 3.63) is 29.8 Å². The van der Waals surface area contributed by atoms with Gasteiger partial charge in [-0.1, -0.05) is 0 Å². The van der Waals surface area contributed by atoms with Crippen LogP contribution in [0.2, 0.25) is 0 Å². The van der Waals surface area contributed by atoms with Gasteiger partial charge in [0.2, 0.25) is 0 Å². The lowest BCUT2D eigenvalue weighted by molar-refractivity contribution is 0.281. The summed E-state index contributed by atoms with van der Waals surface area (Å²) in [5, 5.41) is 16.7. The van der Waals surface area contributed by atoms with E-state index in [9.17, 15) is 5.11 Å². The highest BCUT2D eigenvalue weighted by atomic mass is 16.3. The van der Waals surface area contributed by atoms with Gasteiger partial charge in [-0.05, 0) is 12.8 Å². The zero-order valence-electron chi connectivity index (χ0n) is 8.72. The second-order valence-corrected chi connectivity index (χ2v) is 3.99. The number of nitrogens with one attached hydrogen (secondary N) is 1. The van der Waals surface area contributed by atoms with Crippen LogP contribution in [0.4, 0.5) is 0 Å². The topological polar surface area (TPSA) is 74.7 Å². The van der Waals surface area contributed by atoms with Gasteiger partial charge in [-0.15, -0.1) is 0 Å². The lowest BCUT2D eigenvalue weighted by atomic mass is 10.1. The third-order valence-corrected chi connectivity index (χ3v) is 2.85. The minimum atomic E-state index is -0.00571. The molecule has 0 bridgehead atoms. The minimum absolute atomic E-state index is 0.00571. The molecule has 0 spiro atoms. The Hall–Kier alpha value is -1.75. The average molecular weight is 216 g/mol. The fourth-order valence-corrected chi connectivity index (χ4v) is 1.88. The molecule has 82 valence electrons. The van der Waals surface area contributed by atoms with Crippen LogP contribution < -0.4 is 0 Å². The Morgan fingerprint density at radius 1 is 1.38 bits per heavy atom. The third-order valence-electron chi connectivity index (χ3n) is 2.85. The van der Waals surface area contributed by atoms with Crippen molar-refractivity contribution in [2.45, 2.75) is 25.4 Å². The number of nitrogens with zero attached hydrogens (tertiary/aromatic N) is 3. The van der Waals surface area contributed by atoms with Crippen molar-refractivity contribution < 1.29 is 5.11 Å². The summed E-state index contributed by atoms with van der Waals surface area (Å²) >= 11 is 0. The normalized spacial score (nSPS) is 15.3. The molecule has 3 rings (SSSR count). The molecule has 0 aliphatic heterocycles. The lowest BCUT2D eigenvalue weighted by Gasteiger charge is -2.00. The molecular weight excluding hydrogens is 204 g/mol. The van der Waals surface area contributed by atoms with Gasteiger partial charge < -0.3 is 5.11 Å². The summed E-state index contributed by atoms with van der Waals surface area (Å²) in [5.41, 5.74) is 3.35. The van der Waals surface area contributed by atoms with Gasteiger partial charge in [0.15, 0.2) is 0 Å². The molecule has 1 aliphatic rings.